The van der Waals surface area contributed by atoms with Gasteiger partial charge < -0.3 is 4.57 Å². The molecule has 0 N–H and O–H groups in total. The molecule has 3 heteroatoms. The number of pyridine rings is 1. The summed E-state index contributed by atoms with van der Waals surface area (Å²) in [6, 6.07) is 23.0. The molecule has 2 aromatic heterocycles. The van der Waals surface area contributed by atoms with Crippen LogP contribution in [0.25, 0.3) is 22.3 Å². The standard InChI is InChI=1S/C19H15N3/c1-2-5-16(6-3-1)17-10-8-15(9-11-17)13-22-14-21-18-7-4-12-20-19(18)22/h1-12,14H,13H2. The Morgan fingerprint density at radius 3 is 2.32 bits per heavy atom. The Morgan fingerprint density at radius 2 is 1.50 bits per heavy atom. The van der Waals surface area contributed by atoms with Crippen molar-refractivity contribution in [3.63, 3.8) is 0 Å². The fraction of sp³-hybridized carbons (Fsp3) is 0.0526. The van der Waals surface area contributed by atoms with Gasteiger partial charge in [0.25, 0.3) is 0 Å². The highest BCUT2D eigenvalue weighted by atomic mass is 15.1. The van der Waals surface area contributed by atoms with E-state index in [-0.39, 0.29) is 0 Å². The van der Waals surface area contributed by atoms with Crippen molar-refractivity contribution in [3.8, 4) is 11.1 Å². The molecule has 0 amide bonds. The molecule has 22 heavy (non-hydrogen) atoms. The van der Waals surface area contributed by atoms with Crippen LogP contribution in [0, 0.1) is 0 Å². The van der Waals surface area contributed by atoms with E-state index in [9.17, 15) is 0 Å². The summed E-state index contributed by atoms with van der Waals surface area (Å²) < 4.78 is 2.08. The first-order valence-electron chi connectivity index (χ1n) is 7.30. The van der Waals surface area contributed by atoms with E-state index in [2.05, 4.69) is 63.1 Å². The van der Waals surface area contributed by atoms with Gasteiger partial charge in [0.2, 0.25) is 0 Å². The van der Waals surface area contributed by atoms with Crippen LogP contribution in [-0.2, 0) is 6.54 Å². The molecule has 0 spiro atoms. The summed E-state index contributed by atoms with van der Waals surface area (Å²) in [6.07, 6.45) is 3.65. The number of hydrogen-bond donors (Lipinski definition) is 0. The summed E-state index contributed by atoms with van der Waals surface area (Å²) in [7, 11) is 0. The van der Waals surface area contributed by atoms with Gasteiger partial charge in [-0.05, 0) is 28.8 Å². The largest absolute Gasteiger partial charge is 0.311 e. The Balaban J connectivity index is 1.61. The van der Waals surface area contributed by atoms with Gasteiger partial charge in [0.1, 0.15) is 5.52 Å². The van der Waals surface area contributed by atoms with Gasteiger partial charge in [0, 0.05) is 6.20 Å². The lowest BCUT2D eigenvalue weighted by atomic mass is 10.0. The molecule has 4 aromatic rings. The fourth-order valence-corrected chi connectivity index (χ4v) is 2.64. The Bertz CT molecular complexity index is 893. The molecule has 0 bridgehead atoms. The molecule has 0 aliphatic rings. The van der Waals surface area contributed by atoms with Gasteiger partial charge in [0.15, 0.2) is 5.65 Å². The maximum atomic E-state index is 4.40. The molecular formula is C19H15N3. The molecule has 2 aromatic carbocycles. The zero-order valence-corrected chi connectivity index (χ0v) is 12.1. The van der Waals surface area contributed by atoms with Gasteiger partial charge in [-0.1, -0.05) is 54.6 Å². The van der Waals surface area contributed by atoms with Crippen molar-refractivity contribution in [1.29, 1.82) is 0 Å². The number of hydrogen-bond acceptors (Lipinski definition) is 2. The van der Waals surface area contributed by atoms with Gasteiger partial charge in [-0.3, -0.25) is 0 Å². The Morgan fingerprint density at radius 1 is 0.727 bits per heavy atom. The molecule has 2 heterocycles. The lowest BCUT2D eigenvalue weighted by Gasteiger charge is -2.06. The molecule has 0 aliphatic heterocycles. The highest BCUT2D eigenvalue weighted by Gasteiger charge is 2.04. The van der Waals surface area contributed by atoms with Gasteiger partial charge in [-0.15, -0.1) is 0 Å². The molecule has 0 aliphatic carbocycles. The van der Waals surface area contributed by atoms with Crippen LogP contribution in [-0.4, -0.2) is 14.5 Å². The number of rotatable bonds is 3. The monoisotopic (exact) mass is 285 g/mol. The SMILES string of the molecule is c1ccc(-c2ccc(Cn3cnc4cccnc43)cc2)cc1. The first-order valence-corrected chi connectivity index (χ1v) is 7.30. The second kappa shape index (κ2) is 5.45. The van der Waals surface area contributed by atoms with Crippen LogP contribution in [0.2, 0.25) is 0 Å². The maximum absolute atomic E-state index is 4.40. The topological polar surface area (TPSA) is 30.7 Å². The Labute approximate surface area is 128 Å². The number of benzene rings is 2. The molecule has 106 valence electrons. The molecular weight excluding hydrogens is 270 g/mol. The first kappa shape index (κ1) is 12.8. The highest BCUT2D eigenvalue weighted by Crippen LogP contribution is 2.20. The molecule has 0 saturated carbocycles. The third-order valence-corrected chi connectivity index (χ3v) is 3.79. The minimum atomic E-state index is 0.780. The van der Waals surface area contributed by atoms with Gasteiger partial charge in [-0.2, -0.15) is 0 Å². The van der Waals surface area contributed by atoms with E-state index in [0.717, 1.165) is 17.7 Å². The van der Waals surface area contributed by atoms with Crippen LogP contribution in [0.1, 0.15) is 5.56 Å². The number of fused-ring (bicyclic) bond motifs is 1. The molecule has 0 saturated heterocycles. The zero-order valence-electron chi connectivity index (χ0n) is 12.1. The summed E-state index contributed by atoms with van der Waals surface area (Å²) in [4.78, 5) is 8.78. The molecule has 4 rings (SSSR count). The van der Waals surface area contributed by atoms with Crippen molar-refractivity contribution in [2.75, 3.05) is 0 Å². The van der Waals surface area contributed by atoms with Crippen molar-refractivity contribution in [3.05, 3.63) is 84.8 Å². The third kappa shape index (κ3) is 2.37. The molecule has 0 fully saturated rings. The van der Waals surface area contributed by atoms with Crippen LogP contribution >= 0.6 is 0 Å². The summed E-state index contributed by atoms with van der Waals surface area (Å²) in [5.41, 5.74) is 5.57. The van der Waals surface area contributed by atoms with E-state index in [4.69, 9.17) is 0 Å². The number of nitrogens with zero attached hydrogens (tertiary/aromatic N) is 3. The minimum Gasteiger partial charge on any atom is -0.311 e. The Kier molecular flexibility index (Phi) is 3.16. The van der Waals surface area contributed by atoms with Crippen molar-refractivity contribution in [2.45, 2.75) is 6.54 Å². The third-order valence-electron chi connectivity index (χ3n) is 3.79. The molecule has 3 nitrogen and oxygen atoms in total. The van der Waals surface area contributed by atoms with Crippen molar-refractivity contribution in [2.24, 2.45) is 0 Å². The van der Waals surface area contributed by atoms with Crippen LogP contribution in [0.15, 0.2) is 79.3 Å². The quantitative estimate of drug-likeness (QED) is 0.566. The second-order valence-electron chi connectivity index (χ2n) is 5.28. The molecule has 0 radical (unpaired) electrons. The average molecular weight is 285 g/mol. The zero-order chi connectivity index (χ0) is 14.8. The highest BCUT2D eigenvalue weighted by molar-refractivity contribution is 5.70. The van der Waals surface area contributed by atoms with Crippen molar-refractivity contribution < 1.29 is 0 Å². The normalized spacial score (nSPS) is 10.9. The van der Waals surface area contributed by atoms with E-state index in [1.54, 1.807) is 6.20 Å². The predicted octanol–water partition coefficient (Wildman–Crippen LogP) is 4.15. The lowest BCUT2D eigenvalue weighted by molar-refractivity contribution is 0.814. The second-order valence-corrected chi connectivity index (χ2v) is 5.28. The summed E-state index contributed by atoms with van der Waals surface area (Å²) >= 11 is 0. The summed E-state index contributed by atoms with van der Waals surface area (Å²) in [5, 5.41) is 0. The van der Waals surface area contributed by atoms with Crippen LogP contribution in [0.5, 0.6) is 0 Å². The van der Waals surface area contributed by atoms with E-state index in [0.29, 0.717) is 0 Å². The summed E-state index contributed by atoms with van der Waals surface area (Å²) in [6.45, 7) is 0.780. The number of imidazole rings is 1. The van der Waals surface area contributed by atoms with Crippen molar-refractivity contribution in [1.82, 2.24) is 14.5 Å². The van der Waals surface area contributed by atoms with E-state index < -0.39 is 0 Å². The lowest BCUT2D eigenvalue weighted by Crippen LogP contribution is -1.98. The fourth-order valence-electron chi connectivity index (χ4n) is 2.64. The minimum absolute atomic E-state index is 0.780. The first-order chi connectivity index (χ1) is 10.9. The van der Waals surface area contributed by atoms with Gasteiger partial charge in [0.05, 0.1) is 12.9 Å². The predicted molar refractivity (Wildman–Crippen MR) is 88.5 cm³/mol. The average Bonchev–Trinajstić information content (AvgIpc) is 3.00. The van der Waals surface area contributed by atoms with Crippen LogP contribution < -0.4 is 0 Å². The van der Waals surface area contributed by atoms with E-state index in [1.165, 1.54) is 16.7 Å². The van der Waals surface area contributed by atoms with Gasteiger partial charge in [-0.25, -0.2) is 9.97 Å². The smallest absolute Gasteiger partial charge is 0.160 e. The molecule has 0 atom stereocenters. The summed E-state index contributed by atoms with van der Waals surface area (Å²) in [5.74, 6) is 0. The van der Waals surface area contributed by atoms with Gasteiger partial charge >= 0.3 is 0 Å². The Hall–Kier alpha value is -2.94. The van der Waals surface area contributed by atoms with Crippen molar-refractivity contribution >= 4 is 11.2 Å². The van der Waals surface area contributed by atoms with Crippen LogP contribution in [0.4, 0.5) is 0 Å². The number of aromatic nitrogens is 3. The van der Waals surface area contributed by atoms with Crippen LogP contribution in [0.3, 0.4) is 0 Å². The van der Waals surface area contributed by atoms with E-state index in [1.807, 2.05) is 24.5 Å². The molecule has 0 unspecified atom stereocenters. The maximum Gasteiger partial charge on any atom is 0.160 e. The van der Waals surface area contributed by atoms with E-state index >= 15 is 0 Å².